The van der Waals surface area contributed by atoms with E-state index in [1.807, 2.05) is 12.1 Å². The zero-order chi connectivity index (χ0) is 14.3. The molecule has 0 radical (unpaired) electrons. The maximum Gasteiger partial charge on any atom is 0.348 e. The van der Waals surface area contributed by atoms with Gasteiger partial charge in [-0.05, 0) is 30.0 Å². The highest BCUT2D eigenvalue weighted by Gasteiger charge is 2.14. The molecule has 104 valence electrons. The average molecular weight is 272 g/mol. The van der Waals surface area contributed by atoms with Crippen LogP contribution in [-0.2, 0) is 19.4 Å². The molecule has 1 aromatic carbocycles. The van der Waals surface area contributed by atoms with Crippen molar-refractivity contribution in [1.29, 1.82) is 0 Å². The quantitative estimate of drug-likeness (QED) is 0.750. The Morgan fingerprint density at radius 2 is 2.10 bits per heavy atom. The molecule has 0 saturated heterocycles. The number of aromatic nitrogens is 4. The van der Waals surface area contributed by atoms with Crippen molar-refractivity contribution in [2.45, 2.75) is 33.3 Å². The summed E-state index contributed by atoms with van der Waals surface area (Å²) in [6, 6.07) is 3.94. The maximum absolute atomic E-state index is 12.0. The van der Waals surface area contributed by atoms with E-state index in [1.54, 1.807) is 0 Å². The van der Waals surface area contributed by atoms with Crippen LogP contribution in [0.15, 0.2) is 16.9 Å². The Kier molecular flexibility index (Phi) is 3.02. The fraction of sp³-hybridized carbons (Fsp3) is 0.357. The molecule has 2 aromatic heterocycles. The summed E-state index contributed by atoms with van der Waals surface area (Å²) in [6.07, 6.45) is 1.77. The summed E-state index contributed by atoms with van der Waals surface area (Å²) in [4.78, 5) is 19.1. The molecule has 20 heavy (non-hydrogen) atoms. The van der Waals surface area contributed by atoms with E-state index < -0.39 is 0 Å². The Bertz CT molecular complexity index is 848. The number of nitrogens with one attached hydrogen (secondary N) is 1. The van der Waals surface area contributed by atoms with Crippen LogP contribution in [0.3, 0.4) is 0 Å². The number of benzene rings is 1. The Morgan fingerprint density at radius 3 is 2.75 bits per heavy atom. The SMILES string of the molecule is CCc1ccc2[nH]c(=O)n3nc(CO)nc3c2c1CC. The predicted octanol–water partition coefficient (Wildman–Crippen LogP) is 1.19. The van der Waals surface area contributed by atoms with E-state index in [2.05, 4.69) is 28.9 Å². The summed E-state index contributed by atoms with van der Waals surface area (Å²) in [5, 5.41) is 14.1. The molecule has 3 aromatic rings. The fourth-order valence-corrected chi connectivity index (χ4v) is 2.68. The van der Waals surface area contributed by atoms with Crippen LogP contribution < -0.4 is 5.69 Å². The highest BCUT2D eigenvalue weighted by atomic mass is 16.3. The van der Waals surface area contributed by atoms with Crippen molar-refractivity contribution in [1.82, 2.24) is 19.6 Å². The second-order valence-corrected chi connectivity index (χ2v) is 4.68. The number of aryl methyl sites for hydroxylation is 2. The Balaban J connectivity index is 2.55. The highest BCUT2D eigenvalue weighted by molar-refractivity contribution is 5.94. The number of aliphatic hydroxyl groups is 1. The van der Waals surface area contributed by atoms with E-state index in [4.69, 9.17) is 0 Å². The lowest BCUT2D eigenvalue weighted by Crippen LogP contribution is -2.18. The van der Waals surface area contributed by atoms with Crippen LogP contribution in [0.4, 0.5) is 0 Å². The van der Waals surface area contributed by atoms with Gasteiger partial charge in [-0.3, -0.25) is 0 Å². The molecule has 0 fully saturated rings. The van der Waals surface area contributed by atoms with Crippen LogP contribution >= 0.6 is 0 Å². The van der Waals surface area contributed by atoms with Crippen molar-refractivity contribution in [3.63, 3.8) is 0 Å². The zero-order valence-electron chi connectivity index (χ0n) is 11.5. The molecule has 0 aliphatic heterocycles. The number of rotatable bonds is 3. The molecule has 0 amide bonds. The van der Waals surface area contributed by atoms with Crippen molar-refractivity contribution in [2.75, 3.05) is 0 Å². The smallest absolute Gasteiger partial charge is 0.348 e. The van der Waals surface area contributed by atoms with Crippen LogP contribution in [-0.4, -0.2) is 24.7 Å². The second-order valence-electron chi connectivity index (χ2n) is 4.68. The topological polar surface area (TPSA) is 83.3 Å². The molecule has 2 N–H and O–H groups in total. The van der Waals surface area contributed by atoms with Gasteiger partial charge in [0.2, 0.25) is 0 Å². The minimum atomic E-state index is -0.342. The molecule has 0 saturated carbocycles. The summed E-state index contributed by atoms with van der Waals surface area (Å²) in [5.74, 6) is 0.256. The van der Waals surface area contributed by atoms with E-state index in [0.717, 1.165) is 23.7 Å². The van der Waals surface area contributed by atoms with Gasteiger partial charge < -0.3 is 10.1 Å². The summed E-state index contributed by atoms with van der Waals surface area (Å²) < 4.78 is 1.23. The van der Waals surface area contributed by atoms with Crippen molar-refractivity contribution in [3.05, 3.63) is 39.6 Å². The van der Waals surface area contributed by atoms with Gasteiger partial charge in [0.25, 0.3) is 0 Å². The first-order chi connectivity index (χ1) is 9.69. The largest absolute Gasteiger partial charge is 0.388 e. The van der Waals surface area contributed by atoms with Crippen LogP contribution in [0, 0.1) is 0 Å². The van der Waals surface area contributed by atoms with Crippen LogP contribution in [0.25, 0.3) is 16.6 Å². The maximum atomic E-state index is 12.0. The van der Waals surface area contributed by atoms with Crippen LogP contribution in [0.2, 0.25) is 0 Å². The predicted molar refractivity (Wildman–Crippen MR) is 75.8 cm³/mol. The minimum Gasteiger partial charge on any atom is -0.388 e. The second kappa shape index (κ2) is 4.72. The summed E-state index contributed by atoms with van der Waals surface area (Å²) in [6.45, 7) is 3.91. The Morgan fingerprint density at radius 1 is 1.30 bits per heavy atom. The third-order valence-electron chi connectivity index (χ3n) is 3.59. The molecular weight excluding hydrogens is 256 g/mol. The Hall–Kier alpha value is -2.21. The molecular formula is C14H16N4O2. The lowest BCUT2D eigenvalue weighted by Gasteiger charge is -2.10. The number of nitrogens with zero attached hydrogens (tertiary/aromatic N) is 3. The van der Waals surface area contributed by atoms with Gasteiger partial charge in [0, 0.05) is 5.39 Å². The van der Waals surface area contributed by atoms with Crippen LogP contribution in [0.1, 0.15) is 30.8 Å². The third-order valence-corrected chi connectivity index (χ3v) is 3.59. The van der Waals surface area contributed by atoms with Crippen molar-refractivity contribution >= 4 is 16.6 Å². The lowest BCUT2D eigenvalue weighted by molar-refractivity contribution is 0.271. The van der Waals surface area contributed by atoms with Gasteiger partial charge in [-0.2, -0.15) is 4.52 Å². The summed E-state index contributed by atoms with van der Waals surface area (Å²) in [5.41, 5.74) is 3.34. The molecule has 0 unspecified atom stereocenters. The number of aromatic amines is 1. The first-order valence-electron chi connectivity index (χ1n) is 6.72. The van der Waals surface area contributed by atoms with E-state index in [-0.39, 0.29) is 18.1 Å². The molecule has 2 heterocycles. The van der Waals surface area contributed by atoms with Gasteiger partial charge in [-0.1, -0.05) is 19.9 Å². The van der Waals surface area contributed by atoms with Crippen molar-refractivity contribution in [3.8, 4) is 0 Å². The number of fused-ring (bicyclic) bond motifs is 3. The average Bonchev–Trinajstić information content (AvgIpc) is 2.91. The third kappa shape index (κ3) is 1.72. The number of hydrogen-bond donors (Lipinski definition) is 2. The molecule has 6 nitrogen and oxygen atoms in total. The standard InChI is InChI=1S/C14H16N4O2/c1-3-8-5-6-10-12(9(8)4-2)13-16-11(7-19)17-18(13)14(20)15-10/h5-6,19H,3-4,7H2,1-2H3,(H,15,20). The summed E-state index contributed by atoms with van der Waals surface area (Å²) in [7, 11) is 0. The van der Waals surface area contributed by atoms with Gasteiger partial charge in [-0.15, -0.1) is 5.10 Å². The van der Waals surface area contributed by atoms with E-state index in [1.165, 1.54) is 15.6 Å². The molecule has 0 spiro atoms. The minimum absolute atomic E-state index is 0.256. The first-order valence-corrected chi connectivity index (χ1v) is 6.72. The Labute approximate surface area is 115 Å². The molecule has 3 rings (SSSR count). The fourth-order valence-electron chi connectivity index (χ4n) is 2.68. The van der Waals surface area contributed by atoms with E-state index in [0.29, 0.717) is 5.65 Å². The van der Waals surface area contributed by atoms with Crippen LogP contribution in [0.5, 0.6) is 0 Å². The molecule has 0 bridgehead atoms. The highest BCUT2D eigenvalue weighted by Crippen LogP contribution is 2.24. The zero-order valence-corrected chi connectivity index (χ0v) is 11.5. The molecule has 0 aliphatic rings. The van der Waals surface area contributed by atoms with Gasteiger partial charge in [-0.25, -0.2) is 9.78 Å². The van der Waals surface area contributed by atoms with Gasteiger partial charge >= 0.3 is 5.69 Å². The number of H-pyrrole nitrogens is 1. The monoisotopic (exact) mass is 272 g/mol. The number of hydrogen-bond acceptors (Lipinski definition) is 4. The number of aliphatic hydroxyl groups excluding tert-OH is 1. The molecule has 0 aliphatic carbocycles. The van der Waals surface area contributed by atoms with Crippen molar-refractivity contribution < 1.29 is 5.11 Å². The lowest BCUT2D eigenvalue weighted by atomic mass is 9.98. The summed E-state index contributed by atoms with van der Waals surface area (Å²) >= 11 is 0. The van der Waals surface area contributed by atoms with E-state index >= 15 is 0 Å². The van der Waals surface area contributed by atoms with Gasteiger partial charge in [0.15, 0.2) is 11.5 Å². The molecule has 6 heteroatoms. The molecule has 0 atom stereocenters. The first kappa shape index (κ1) is 12.8. The van der Waals surface area contributed by atoms with Crippen molar-refractivity contribution in [2.24, 2.45) is 0 Å². The van der Waals surface area contributed by atoms with Gasteiger partial charge in [0.1, 0.15) is 6.61 Å². The normalized spacial score (nSPS) is 11.6. The van der Waals surface area contributed by atoms with Gasteiger partial charge in [0.05, 0.1) is 5.52 Å². The van der Waals surface area contributed by atoms with E-state index in [9.17, 15) is 9.90 Å².